The average Bonchev–Trinajstić information content (AvgIpc) is 2.38. The Morgan fingerprint density at radius 2 is 2.26 bits per heavy atom. The summed E-state index contributed by atoms with van der Waals surface area (Å²) in [4.78, 5) is 16.4. The van der Waals surface area contributed by atoms with E-state index in [-0.39, 0.29) is 5.91 Å². The molecule has 0 bridgehead atoms. The van der Waals surface area contributed by atoms with Crippen LogP contribution in [0.5, 0.6) is 0 Å². The van der Waals surface area contributed by atoms with Crippen molar-refractivity contribution in [2.24, 2.45) is 5.73 Å². The summed E-state index contributed by atoms with van der Waals surface area (Å²) < 4.78 is 0.903. The zero-order chi connectivity index (χ0) is 14.0. The Hall–Kier alpha value is -1.46. The van der Waals surface area contributed by atoms with Crippen LogP contribution in [-0.2, 0) is 4.79 Å². The third-order valence-electron chi connectivity index (χ3n) is 3.18. The molecule has 0 aliphatic heterocycles. The molecule has 1 heterocycles. The number of halogens is 1. The molecule has 1 aromatic carbocycles. The molecule has 0 aliphatic rings. The normalized spacial score (nSPS) is 14.1. The molecule has 0 radical (unpaired) electrons. The van der Waals surface area contributed by atoms with Gasteiger partial charge in [0, 0.05) is 16.1 Å². The summed E-state index contributed by atoms with van der Waals surface area (Å²) in [6.07, 6.45) is 2.28. The zero-order valence-corrected chi connectivity index (χ0v) is 12.5. The van der Waals surface area contributed by atoms with Crippen LogP contribution in [-0.4, -0.2) is 16.4 Å². The number of amides is 1. The van der Waals surface area contributed by atoms with Crippen molar-refractivity contribution < 1.29 is 4.79 Å². The minimum absolute atomic E-state index is 0.202. The SMILES string of the molecule is CCC(C)(N)C(=O)Nc1cccc2cc(Br)cnc12. The smallest absolute Gasteiger partial charge is 0.244 e. The summed E-state index contributed by atoms with van der Waals surface area (Å²) in [7, 11) is 0. The lowest BCUT2D eigenvalue weighted by Gasteiger charge is -2.21. The Bertz CT molecular complexity index is 625. The number of benzene rings is 1. The molecule has 1 unspecified atom stereocenters. The number of nitrogens with zero attached hydrogens (tertiary/aromatic N) is 1. The first kappa shape index (κ1) is 14.0. The number of nitrogens with one attached hydrogen (secondary N) is 1. The number of hydrogen-bond donors (Lipinski definition) is 2. The fourth-order valence-corrected chi connectivity index (χ4v) is 2.01. The van der Waals surface area contributed by atoms with Gasteiger partial charge in [-0.25, -0.2) is 0 Å². The Morgan fingerprint density at radius 3 is 2.95 bits per heavy atom. The first-order chi connectivity index (χ1) is 8.94. The van der Waals surface area contributed by atoms with Gasteiger partial charge in [-0.05, 0) is 41.4 Å². The van der Waals surface area contributed by atoms with E-state index in [1.807, 2.05) is 31.2 Å². The van der Waals surface area contributed by atoms with Crippen LogP contribution in [0.3, 0.4) is 0 Å². The van der Waals surface area contributed by atoms with Gasteiger partial charge in [0.25, 0.3) is 0 Å². The van der Waals surface area contributed by atoms with Crippen molar-refractivity contribution in [1.82, 2.24) is 4.98 Å². The van der Waals surface area contributed by atoms with Crippen LogP contribution in [0.25, 0.3) is 10.9 Å². The lowest BCUT2D eigenvalue weighted by molar-refractivity contribution is -0.120. The summed E-state index contributed by atoms with van der Waals surface area (Å²) in [5.41, 5.74) is 6.49. The molecular formula is C14H16BrN3O. The average molecular weight is 322 g/mol. The number of pyridine rings is 1. The van der Waals surface area contributed by atoms with Gasteiger partial charge in [0.1, 0.15) is 0 Å². The Morgan fingerprint density at radius 1 is 1.53 bits per heavy atom. The molecule has 1 aromatic heterocycles. The number of anilines is 1. The molecule has 19 heavy (non-hydrogen) atoms. The van der Waals surface area contributed by atoms with Gasteiger partial charge in [-0.3, -0.25) is 9.78 Å². The highest BCUT2D eigenvalue weighted by Gasteiger charge is 2.26. The number of rotatable bonds is 3. The summed E-state index contributed by atoms with van der Waals surface area (Å²) in [5, 5.41) is 3.81. The van der Waals surface area contributed by atoms with E-state index in [0.717, 1.165) is 15.4 Å². The molecule has 0 aliphatic carbocycles. The highest BCUT2D eigenvalue weighted by molar-refractivity contribution is 9.10. The lowest BCUT2D eigenvalue weighted by atomic mass is 9.99. The molecule has 100 valence electrons. The van der Waals surface area contributed by atoms with Crippen LogP contribution in [0.1, 0.15) is 20.3 Å². The molecule has 5 heteroatoms. The topological polar surface area (TPSA) is 68.0 Å². The molecule has 0 saturated heterocycles. The lowest BCUT2D eigenvalue weighted by Crippen LogP contribution is -2.47. The number of nitrogens with two attached hydrogens (primary N) is 1. The molecule has 0 fully saturated rings. The number of para-hydroxylation sites is 1. The Kier molecular flexibility index (Phi) is 3.87. The van der Waals surface area contributed by atoms with Gasteiger partial charge in [-0.2, -0.15) is 0 Å². The van der Waals surface area contributed by atoms with Gasteiger partial charge in [0.15, 0.2) is 0 Å². The second-order valence-corrected chi connectivity index (χ2v) is 5.67. The van der Waals surface area contributed by atoms with E-state index < -0.39 is 5.54 Å². The molecule has 4 nitrogen and oxygen atoms in total. The fourth-order valence-electron chi connectivity index (χ4n) is 1.66. The quantitative estimate of drug-likeness (QED) is 0.912. The maximum Gasteiger partial charge on any atom is 0.244 e. The van der Waals surface area contributed by atoms with E-state index in [0.29, 0.717) is 12.1 Å². The van der Waals surface area contributed by atoms with Crippen LogP contribution in [0.4, 0.5) is 5.69 Å². The maximum atomic E-state index is 12.1. The van der Waals surface area contributed by atoms with Crippen LogP contribution in [0.15, 0.2) is 34.9 Å². The molecule has 2 aromatic rings. The van der Waals surface area contributed by atoms with Gasteiger partial charge in [-0.15, -0.1) is 0 Å². The fraction of sp³-hybridized carbons (Fsp3) is 0.286. The zero-order valence-electron chi connectivity index (χ0n) is 10.9. The van der Waals surface area contributed by atoms with E-state index in [1.165, 1.54) is 0 Å². The van der Waals surface area contributed by atoms with Crippen LogP contribution in [0, 0.1) is 0 Å². The molecular weight excluding hydrogens is 306 g/mol. The monoisotopic (exact) mass is 321 g/mol. The van der Waals surface area contributed by atoms with Crippen molar-refractivity contribution in [3.8, 4) is 0 Å². The number of fused-ring (bicyclic) bond motifs is 1. The largest absolute Gasteiger partial charge is 0.323 e. The maximum absolute atomic E-state index is 12.1. The highest BCUT2D eigenvalue weighted by atomic mass is 79.9. The van der Waals surface area contributed by atoms with E-state index in [4.69, 9.17) is 5.73 Å². The Balaban J connectivity index is 2.39. The summed E-state index contributed by atoms with van der Waals surface area (Å²) >= 11 is 3.38. The molecule has 1 amide bonds. The van der Waals surface area contributed by atoms with Crippen molar-refractivity contribution in [1.29, 1.82) is 0 Å². The summed E-state index contributed by atoms with van der Waals surface area (Å²) in [6.45, 7) is 3.61. The first-order valence-electron chi connectivity index (χ1n) is 6.08. The van der Waals surface area contributed by atoms with Crippen molar-refractivity contribution in [2.45, 2.75) is 25.8 Å². The summed E-state index contributed by atoms with van der Waals surface area (Å²) in [5.74, 6) is -0.202. The van der Waals surface area contributed by atoms with Crippen molar-refractivity contribution in [3.05, 3.63) is 34.9 Å². The number of aromatic nitrogens is 1. The molecule has 0 saturated carbocycles. The minimum atomic E-state index is -0.877. The highest BCUT2D eigenvalue weighted by Crippen LogP contribution is 2.24. The number of hydrogen-bond acceptors (Lipinski definition) is 3. The number of carbonyl (C=O) groups excluding carboxylic acids is 1. The van der Waals surface area contributed by atoms with E-state index in [1.54, 1.807) is 13.1 Å². The third-order valence-corrected chi connectivity index (χ3v) is 3.61. The van der Waals surface area contributed by atoms with Crippen LogP contribution >= 0.6 is 15.9 Å². The number of carbonyl (C=O) groups is 1. The molecule has 3 N–H and O–H groups in total. The second kappa shape index (κ2) is 5.27. The third kappa shape index (κ3) is 2.93. The van der Waals surface area contributed by atoms with Gasteiger partial charge in [-0.1, -0.05) is 19.1 Å². The van der Waals surface area contributed by atoms with Gasteiger partial charge >= 0.3 is 0 Å². The van der Waals surface area contributed by atoms with E-state index in [2.05, 4.69) is 26.2 Å². The van der Waals surface area contributed by atoms with Crippen molar-refractivity contribution >= 4 is 38.4 Å². The van der Waals surface area contributed by atoms with Crippen LogP contribution in [0.2, 0.25) is 0 Å². The standard InChI is InChI=1S/C14H16BrN3O/c1-3-14(2,16)13(19)18-11-6-4-5-9-7-10(15)8-17-12(9)11/h4-8H,3,16H2,1-2H3,(H,18,19). The predicted octanol–water partition coefficient (Wildman–Crippen LogP) is 3.06. The van der Waals surface area contributed by atoms with Crippen LogP contribution < -0.4 is 11.1 Å². The summed E-state index contributed by atoms with van der Waals surface area (Å²) in [6, 6.07) is 7.61. The van der Waals surface area contributed by atoms with Gasteiger partial charge in [0.2, 0.25) is 5.91 Å². The van der Waals surface area contributed by atoms with Crippen molar-refractivity contribution in [2.75, 3.05) is 5.32 Å². The Labute approximate surface area is 120 Å². The van der Waals surface area contributed by atoms with E-state index >= 15 is 0 Å². The first-order valence-corrected chi connectivity index (χ1v) is 6.88. The van der Waals surface area contributed by atoms with E-state index in [9.17, 15) is 4.79 Å². The van der Waals surface area contributed by atoms with Gasteiger partial charge in [0.05, 0.1) is 16.7 Å². The minimum Gasteiger partial charge on any atom is -0.323 e. The van der Waals surface area contributed by atoms with Gasteiger partial charge < -0.3 is 11.1 Å². The van der Waals surface area contributed by atoms with Crippen molar-refractivity contribution in [3.63, 3.8) is 0 Å². The molecule has 0 spiro atoms. The predicted molar refractivity (Wildman–Crippen MR) is 81.0 cm³/mol. The second-order valence-electron chi connectivity index (χ2n) is 4.76. The molecule has 2 rings (SSSR count). The molecule has 1 atom stereocenters.